The second-order valence-electron chi connectivity index (χ2n) is 5.47. The predicted molar refractivity (Wildman–Crippen MR) is 94.1 cm³/mol. The van der Waals surface area contributed by atoms with Crippen LogP contribution in [-0.2, 0) is 10.0 Å². The van der Waals surface area contributed by atoms with Crippen molar-refractivity contribution in [1.29, 1.82) is 0 Å². The summed E-state index contributed by atoms with van der Waals surface area (Å²) in [5, 5.41) is 11.3. The molecule has 0 aliphatic carbocycles. The zero-order chi connectivity index (χ0) is 17.5. The Morgan fingerprint density at radius 2 is 1.88 bits per heavy atom. The SMILES string of the molecule is Cc1cc(C)c2cc(C(=O)Nc3nnc(NS(C)(=O)=O)s3)[nH]c2c1. The van der Waals surface area contributed by atoms with Gasteiger partial charge in [-0.3, -0.25) is 14.8 Å². The van der Waals surface area contributed by atoms with Gasteiger partial charge in [0, 0.05) is 10.9 Å². The van der Waals surface area contributed by atoms with E-state index in [0.717, 1.165) is 39.6 Å². The molecule has 1 aromatic carbocycles. The highest BCUT2D eigenvalue weighted by Gasteiger charge is 2.15. The molecule has 0 saturated carbocycles. The van der Waals surface area contributed by atoms with Gasteiger partial charge in [0.15, 0.2) is 0 Å². The van der Waals surface area contributed by atoms with Crippen molar-refractivity contribution in [2.45, 2.75) is 13.8 Å². The zero-order valence-corrected chi connectivity index (χ0v) is 14.8. The fourth-order valence-corrected chi connectivity index (χ4v) is 3.83. The van der Waals surface area contributed by atoms with Crippen LogP contribution >= 0.6 is 11.3 Å². The van der Waals surface area contributed by atoms with Gasteiger partial charge in [-0.25, -0.2) is 8.42 Å². The molecule has 2 aromatic heterocycles. The summed E-state index contributed by atoms with van der Waals surface area (Å²) in [6.07, 6.45) is 1.02. The number of nitrogens with one attached hydrogen (secondary N) is 3. The van der Waals surface area contributed by atoms with Crippen molar-refractivity contribution in [2.24, 2.45) is 0 Å². The number of H-pyrrole nitrogens is 1. The number of anilines is 2. The number of fused-ring (bicyclic) bond motifs is 1. The molecule has 0 aliphatic heterocycles. The van der Waals surface area contributed by atoms with Crippen LogP contribution in [0.4, 0.5) is 10.3 Å². The number of aryl methyl sites for hydroxylation is 2. The van der Waals surface area contributed by atoms with E-state index in [-0.39, 0.29) is 16.2 Å². The van der Waals surface area contributed by atoms with Crippen LogP contribution < -0.4 is 10.0 Å². The largest absolute Gasteiger partial charge is 0.351 e. The highest BCUT2D eigenvalue weighted by atomic mass is 32.2. The number of hydrogen-bond acceptors (Lipinski definition) is 6. The molecule has 10 heteroatoms. The molecule has 1 amide bonds. The van der Waals surface area contributed by atoms with Crippen LogP contribution in [0.15, 0.2) is 18.2 Å². The quantitative estimate of drug-likeness (QED) is 0.656. The van der Waals surface area contributed by atoms with Gasteiger partial charge in [0.05, 0.1) is 6.26 Å². The van der Waals surface area contributed by atoms with Gasteiger partial charge in [0.2, 0.25) is 20.3 Å². The van der Waals surface area contributed by atoms with Crippen molar-refractivity contribution in [1.82, 2.24) is 15.2 Å². The predicted octanol–water partition coefficient (Wildman–Crippen LogP) is 2.26. The summed E-state index contributed by atoms with van der Waals surface area (Å²) >= 11 is 0.937. The van der Waals surface area contributed by atoms with E-state index in [1.807, 2.05) is 26.0 Å². The van der Waals surface area contributed by atoms with Gasteiger partial charge in [-0.15, -0.1) is 10.2 Å². The Balaban J connectivity index is 1.81. The van der Waals surface area contributed by atoms with Crippen LogP contribution in [0.2, 0.25) is 0 Å². The normalized spacial score (nSPS) is 11.6. The maximum absolute atomic E-state index is 12.3. The molecule has 0 fully saturated rings. The molecule has 0 radical (unpaired) electrons. The molecular weight excluding hydrogens is 350 g/mol. The fraction of sp³-hybridized carbons (Fsp3) is 0.214. The number of amides is 1. The monoisotopic (exact) mass is 365 g/mol. The summed E-state index contributed by atoms with van der Waals surface area (Å²) in [5.41, 5.74) is 3.46. The van der Waals surface area contributed by atoms with E-state index < -0.39 is 10.0 Å². The number of aromatic amines is 1. The van der Waals surface area contributed by atoms with E-state index in [2.05, 4.69) is 25.2 Å². The standard InChI is InChI=1S/C14H15N5O3S2/c1-7-4-8(2)9-6-11(15-10(9)5-7)12(20)16-13-17-18-14(23-13)19-24(3,21)22/h4-6,15H,1-3H3,(H,18,19)(H,16,17,20). The first-order chi connectivity index (χ1) is 11.2. The summed E-state index contributed by atoms with van der Waals surface area (Å²) in [4.78, 5) is 15.4. The van der Waals surface area contributed by atoms with Crippen LogP contribution in [-0.4, -0.2) is 35.8 Å². The van der Waals surface area contributed by atoms with E-state index >= 15 is 0 Å². The average Bonchev–Trinajstić information content (AvgIpc) is 3.03. The lowest BCUT2D eigenvalue weighted by molar-refractivity contribution is 0.102. The van der Waals surface area contributed by atoms with Crippen LogP contribution in [0.25, 0.3) is 10.9 Å². The summed E-state index contributed by atoms with van der Waals surface area (Å²) in [6, 6.07) is 5.79. The second kappa shape index (κ2) is 5.87. The molecule has 0 bridgehead atoms. The Labute approximate surface area is 142 Å². The lowest BCUT2D eigenvalue weighted by Gasteiger charge is -1.98. The van der Waals surface area contributed by atoms with Gasteiger partial charge >= 0.3 is 0 Å². The number of benzene rings is 1. The van der Waals surface area contributed by atoms with Crippen molar-refractivity contribution in [3.8, 4) is 0 Å². The molecule has 0 unspecified atom stereocenters. The smallest absolute Gasteiger partial charge is 0.273 e. The average molecular weight is 365 g/mol. The topological polar surface area (TPSA) is 117 Å². The van der Waals surface area contributed by atoms with E-state index in [4.69, 9.17) is 0 Å². The molecule has 126 valence electrons. The van der Waals surface area contributed by atoms with Crippen molar-refractivity contribution >= 4 is 48.4 Å². The lowest BCUT2D eigenvalue weighted by Crippen LogP contribution is -2.11. The number of sulfonamides is 1. The molecule has 0 atom stereocenters. The van der Waals surface area contributed by atoms with Crippen molar-refractivity contribution in [3.05, 3.63) is 35.0 Å². The Kier molecular flexibility index (Phi) is 4.01. The Morgan fingerprint density at radius 3 is 2.58 bits per heavy atom. The first-order valence-corrected chi connectivity index (χ1v) is 9.65. The zero-order valence-electron chi connectivity index (χ0n) is 13.2. The van der Waals surface area contributed by atoms with E-state index in [9.17, 15) is 13.2 Å². The second-order valence-corrected chi connectivity index (χ2v) is 8.19. The van der Waals surface area contributed by atoms with Gasteiger partial charge in [-0.05, 0) is 37.1 Å². The van der Waals surface area contributed by atoms with E-state index in [0.29, 0.717) is 5.69 Å². The van der Waals surface area contributed by atoms with Gasteiger partial charge in [0.25, 0.3) is 5.91 Å². The first kappa shape index (κ1) is 16.4. The molecule has 8 nitrogen and oxygen atoms in total. The summed E-state index contributed by atoms with van der Waals surface area (Å²) in [7, 11) is -3.43. The number of carbonyl (C=O) groups excluding carboxylic acids is 1. The summed E-state index contributed by atoms with van der Waals surface area (Å²) in [5.74, 6) is -0.370. The molecule has 0 saturated heterocycles. The van der Waals surface area contributed by atoms with Gasteiger partial charge in [0.1, 0.15) is 5.69 Å². The Bertz CT molecular complexity index is 1040. The number of aromatic nitrogens is 3. The van der Waals surface area contributed by atoms with Crippen molar-refractivity contribution in [3.63, 3.8) is 0 Å². The third-order valence-electron chi connectivity index (χ3n) is 3.25. The fourth-order valence-electron chi connectivity index (χ4n) is 2.36. The van der Waals surface area contributed by atoms with E-state index in [1.54, 1.807) is 6.07 Å². The third-order valence-corrected chi connectivity index (χ3v) is 4.70. The van der Waals surface area contributed by atoms with Crippen molar-refractivity contribution < 1.29 is 13.2 Å². The van der Waals surface area contributed by atoms with Crippen LogP contribution in [0, 0.1) is 13.8 Å². The molecule has 3 rings (SSSR count). The van der Waals surface area contributed by atoms with Gasteiger partial charge in [-0.2, -0.15) is 0 Å². The molecule has 0 aliphatic rings. The Hall–Kier alpha value is -2.46. The van der Waals surface area contributed by atoms with Gasteiger partial charge in [-0.1, -0.05) is 17.4 Å². The minimum absolute atomic E-state index is 0.0934. The molecule has 2 heterocycles. The van der Waals surface area contributed by atoms with Crippen molar-refractivity contribution in [2.75, 3.05) is 16.3 Å². The molecule has 0 spiro atoms. The number of rotatable bonds is 4. The summed E-state index contributed by atoms with van der Waals surface area (Å²) < 4.78 is 24.5. The van der Waals surface area contributed by atoms with Gasteiger partial charge < -0.3 is 4.98 Å². The van der Waals surface area contributed by atoms with Crippen LogP contribution in [0.3, 0.4) is 0 Å². The lowest BCUT2D eigenvalue weighted by atomic mass is 10.1. The maximum atomic E-state index is 12.3. The third kappa shape index (κ3) is 3.54. The summed E-state index contributed by atoms with van der Waals surface area (Å²) in [6.45, 7) is 3.98. The highest BCUT2D eigenvalue weighted by molar-refractivity contribution is 7.92. The number of nitrogens with zero attached hydrogens (tertiary/aromatic N) is 2. The number of carbonyl (C=O) groups is 1. The molecular formula is C14H15N5O3S2. The minimum Gasteiger partial charge on any atom is -0.351 e. The minimum atomic E-state index is -3.43. The highest BCUT2D eigenvalue weighted by Crippen LogP contribution is 2.24. The Morgan fingerprint density at radius 1 is 1.17 bits per heavy atom. The molecule has 3 N–H and O–H groups in total. The van der Waals surface area contributed by atoms with Crippen LogP contribution in [0.1, 0.15) is 21.6 Å². The van der Waals surface area contributed by atoms with Crippen LogP contribution in [0.5, 0.6) is 0 Å². The number of hydrogen-bond donors (Lipinski definition) is 3. The van der Waals surface area contributed by atoms with E-state index in [1.165, 1.54) is 0 Å². The molecule has 3 aromatic rings. The molecule has 24 heavy (non-hydrogen) atoms. The first-order valence-electron chi connectivity index (χ1n) is 6.94. The maximum Gasteiger partial charge on any atom is 0.273 e.